The van der Waals surface area contributed by atoms with Gasteiger partial charge in [-0.15, -0.1) is 10.2 Å². The van der Waals surface area contributed by atoms with E-state index in [0.717, 1.165) is 0 Å². The molecule has 2 aromatic rings. The molecule has 0 aliphatic carbocycles. The molecule has 0 saturated heterocycles. The first-order chi connectivity index (χ1) is 7.58. The van der Waals surface area contributed by atoms with Crippen LogP contribution in [0.4, 0.5) is 4.39 Å². The summed E-state index contributed by atoms with van der Waals surface area (Å²) in [6, 6.07) is 5.68. The Balaban J connectivity index is 2.56. The molecule has 2 rings (SSSR count). The summed E-state index contributed by atoms with van der Waals surface area (Å²) >= 11 is 17.1. The largest absolute Gasteiger partial charge is 0.205 e. The number of hydrogen-bond acceptors (Lipinski definition) is 2. The molecule has 0 N–H and O–H groups in total. The Morgan fingerprint density at radius 2 is 1.69 bits per heavy atom. The van der Waals surface area contributed by atoms with Crippen molar-refractivity contribution in [3.05, 3.63) is 45.3 Å². The summed E-state index contributed by atoms with van der Waals surface area (Å²) in [7, 11) is 0. The monoisotopic (exact) mass is 276 g/mol. The predicted octanol–water partition coefficient (Wildman–Crippen LogP) is 4.24. The van der Waals surface area contributed by atoms with Crippen molar-refractivity contribution in [3.8, 4) is 11.3 Å². The summed E-state index contributed by atoms with van der Waals surface area (Å²) in [5.74, 6) is -0.558. The Labute approximate surface area is 106 Å². The fraction of sp³-hybridized carbons (Fsp3) is 0. The average Bonchev–Trinajstić information content (AvgIpc) is 2.25. The molecule has 1 aromatic carbocycles. The third-order valence-corrected chi connectivity index (χ3v) is 2.72. The van der Waals surface area contributed by atoms with E-state index in [9.17, 15) is 4.39 Å². The molecule has 0 fully saturated rings. The lowest BCUT2D eigenvalue weighted by atomic mass is 10.1. The van der Waals surface area contributed by atoms with Crippen molar-refractivity contribution >= 4 is 34.8 Å². The highest BCUT2D eigenvalue weighted by Gasteiger charge is 2.10. The van der Waals surface area contributed by atoms with Crippen LogP contribution in [0, 0.1) is 5.82 Å². The van der Waals surface area contributed by atoms with Crippen LogP contribution in [0.25, 0.3) is 11.3 Å². The Morgan fingerprint density at radius 3 is 2.31 bits per heavy atom. The fourth-order valence-corrected chi connectivity index (χ4v) is 1.76. The second-order valence-electron chi connectivity index (χ2n) is 2.99. The van der Waals surface area contributed by atoms with Gasteiger partial charge >= 0.3 is 0 Å². The molecule has 1 heterocycles. The van der Waals surface area contributed by atoms with Crippen LogP contribution < -0.4 is 0 Å². The molecule has 82 valence electrons. The molecule has 16 heavy (non-hydrogen) atoms. The van der Waals surface area contributed by atoms with Gasteiger partial charge < -0.3 is 0 Å². The number of aromatic nitrogens is 2. The number of rotatable bonds is 1. The van der Waals surface area contributed by atoms with Crippen molar-refractivity contribution in [3.63, 3.8) is 0 Å². The molecule has 0 aliphatic rings. The van der Waals surface area contributed by atoms with E-state index >= 15 is 0 Å². The molecule has 1 aromatic heterocycles. The van der Waals surface area contributed by atoms with E-state index in [0.29, 0.717) is 16.3 Å². The molecular formula is C10H4Cl3FN2. The Hall–Kier alpha value is -0.900. The minimum Gasteiger partial charge on any atom is -0.205 e. The fourth-order valence-electron chi connectivity index (χ4n) is 1.18. The molecule has 0 unspecified atom stereocenters. The minimum atomic E-state index is -0.558. The quantitative estimate of drug-likeness (QED) is 0.729. The molecule has 0 saturated carbocycles. The van der Waals surface area contributed by atoms with Crippen LogP contribution in [0.3, 0.4) is 0 Å². The van der Waals surface area contributed by atoms with Gasteiger partial charge in [-0.25, -0.2) is 4.39 Å². The van der Waals surface area contributed by atoms with Crippen LogP contribution in [0.1, 0.15) is 0 Å². The minimum absolute atomic E-state index is 0.0318. The SMILES string of the molecule is Fc1cc(-c2ccc(Cl)nn2)c(Cl)cc1Cl. The summed E-state index contributed by atoms with van der Waals surface area (Å²) in [5, 5.41) is 7.99. The maximum atomic E-state index is 13.3. The Kier molecular flexibility index (Phi) is 3.28. The number of nitrogens with zero attached hydrogens (tertiary/aromatic N) is 2. The van der Waals surface area contributed by atoms with E-state index in [1.54, 1.807) is 12.1 Å². The van der Waals surface area contributed by atoms with Crippen LogP contribution in [-0.4, -0.2) is 10.2 Å². The van der Waals surface area contributed by atoms with E-state index in [-0.39, 0.29) is 10.2 Å². The number of benzene rings is 1. The highest BCUT2D eigenvalue weighted by molar-refractivity contribution is 6.36. The number of hydrogen-bond donors (Lipinski definition) is 0. The van der Waals surface area contributed by atoms with Crippen LogP contribution in [0.5, 0.6) is 0 Å². The zero-order valence-corrected chi connectivity index (χ0v) is 9.98. The van der Waals surface area contributed by atoms with Crippen LogP contribution in [0.2, 0.25) is 15.2 Å². The van der Waals surface area contributed by atoms with Crippen molar-refractivity contribution in [1.29, 1.82) is 0 Å². The van der Waals surface area contributed by atoms with Gasteiger partial charge in [0.1, 0.15) is 5.82 Å². The van der Waals surface area contributed by atoms with Crippen molar-refractivity contribution in [2.45, 2.75) is 0 Å². The van der Waals surface area contributed by atoms with E-state index in [1.807, 2.05) is 0 Å². The maximum Gasteiger partial charge on any atom is 0.151 e. The average molecular weight is 278 g/mol. The van der Waals surface area contributed by atoms with Gasteiger partial charge in [0.25, 0.3) is 0 Å². The van der Waals surface area contributed by atoms with Crippen LogP contribution in [-0.2, 0) is 0 Å². The molecular weight excluding hydrogens is 273 g/mol. The Bertz CT molecular complexity index is 528. The smallest absolute Gasteiger partial charge is 0.151 e. The van der Waals surface area contributed by atoms with Gasteiger partial charge in [-0.1, -0.05) is 34.8 Å². The lowest BCUT2D eigenvalue weighted by molar-refractivity contribution is 0.628. The van der Waals surface area contributed by atoms with Crippen molar-refractivity contribution in [2.75, 3.05) is 0 Å². The number of halogens is 4. The first-order valence-electron chi connectivity index (χ1n) is 4.22. The zero-order valence-electron chi connectivity index (χ0n) is 7.72. The zero-order chi connectivity index (χ0) is 11.7. The van der Waals surface area contributed by atoms with Crippen molar-refractivity contribution in [1.82, 2.24) is 10.2 Å². The summed E-state index contributed by atoms with van der Waals surface area (Å²) < 4.78 is 13.3. The van der Waals surface area contributed by atoms with E-state index in [2.05, 4.69) is 10.2 Å². The van der Waals surface area contributed by atoms with Gasteiger partial charge in [-0.2, -0.15) is 0 Å². The third kappa shape index (κ3) is 2.26. The summed E-state index contributed by atoms with van der Waals surface area (Å²) in [6.07, 6.45) is 0. The second-order valence-corrected chi connectivity index (χ2v) is 4.19. The normalized spacial score (nSPS) is 10.5. The van der Waals surface area contributed by atoms with Crippen LogP contribution in [0.15, 0.2) is 24.3 Å². The molecule has 0 atom stereocenters. The third-order valence-electron chi connectivity index (χ3n) is 1.92. The molecule has 2 nitrogen and oxygen atoms in total. The first-order valence-corrected chi connectivity index (χ1v) is 5.35. The molecule has 6 heteroatoms. The van der Waals surface area contributed by atoms with Crippen molar-refractivity contribution in [2.24, 2.45) is 0 Å². The molecule has 0 bridgehead atoms. The van der Waals surface area contributed by atoms with E-state index < -0.39 is 5.82 Å². The lowest BCUT2D eigenvalue weighted by Gasteiger charge is -2.04. The van der Waals surface area contributed by atoms with Gasteiger partial charge in [0.05, 0.1) is 15.7 Å². The second kappa shape index (κ2) is 4.53. The molecule has 0 aliphatic heterocycles. The van der Waals surface area contributed by atoms with Gasteiger partial charge in [-0.05, 0) is 24.3 Å². The lowest BCUT2D eigenvalue weighted by Crippen LogP contribution is -1.90. The van der Waals surface area contributed by atoms with Gasteiger partial charge in [0.15, 0.2) is 5.15 Å². The summed E-state index contributed by atoms with van der Waals surface area (Å²) in [6.45, 7) is 0. The maximum absolute atomic E-state index is 13.3. The molecule has 0 spiro atoms. The Morgan fingerprint density at radius 1 is 0.938 bits per heavy atom. The van der Waals surface area contributed by atoms with Gasteiger partial charge in [-0.3, -0.25) is 0 Å². The topological polar surface area (TPSA) is 25.8 Å². The molecule has 0 amide bonds. The van der Waals surface area contributed by atoms with E-state index in [4.69, 9.17) is 34.8 Å². The van der Waals surface area contributed by atoms with Crippen LogP contribution >= 0.6 is 34.8 Å². The van der Waals surface area contributed by atoms with Crippen molar-refractivity contribution < 1.29 is 4.39 Å². The summed E-state index contributed by atoms with van der Waals surface area (Å²) in [5.41, 5.74) is 0.859. The van der Waals surface area contributed by atoms with E-state index in [1.165, 1.54) is 12.1 Å². The standard InChI is InChI=1S/C10H4Cl3FN2/c11-6-4-7(12)8(14)3-5(6)9-1-2-10(13)16-15-9/h1-4H. The first kappa shape index (κ1) is 11.6. The molecule has 0 radical (unpaired) electrons. The highest BCUT2D eigenvalue weighted by Crippen LogP contribution is 2.31. The predicted molar refractivity (Wildman–Crippen MR) is 62.5 cm³/mol. The highest BCUT2D eigenvalue weighted by atomic mass is 35.5. The summed E-state index contributed by atoms with van der Waals surface area (Å²) in [4.78, 5) is 0. The van der Waals surface area contributed by atoms with Gasteiger partial charge in [0, 0.05) is 5.56 Å². The van der Waals surface area contributed by atoms with Gasteiger partial charge in [0.2, 0.25) is 0 Å².